The van der Waals surface area contributed by atoms with Gasteiger partial charge in [0.1, 0.15) is 0 Å². The molecular formula is C7H2BrFO2S. The predicted octanol–water partition coefficient (Wildman–Crippen LogP) is 3.66. The highest BCUT2D eigenvalue weighted by molar-refractivity contribution is 9.10. The Labute approximate surface area is 80.1 Å². The van der Waals surface area contributed by atoms with Gasteiger partial charge in [-0.1, -0.05) is 0 Å². The third kappa shape index (κ3) is 1.09. The quantitative estimate of drug-likeness (QED) is 0.666. The first kappa shape index (κ1) is 7.94. The molecule has 0 spiro atoms. The second-order valence-corrected chi connectivity index (χ2v) is 3.33. The van der Waals surface area contributed by atoms with Crippen molar-refractivity contribution in [2.24, 2.45) is 0 Å². The lowest BCUT2D eigenvalue weighted by molar-refractivity contribution is 0.438. The van der Waals surface area contributed by atoms with Crippen LogP contribution in [0.15, 0.2) is 25.4 Å². The van der Waals surface area contributed by atoms with Crippen LogP contribution in [0.25, 0.3) is 11.2 Å². The monoisotopic (exact) mass is 248 g/mol. The van der Waals surface area contributed by atoms with E-state index in [4.69, 9.17) is 8.83 Å². The molecule has 0 radical (unpaired) electrons. The highest BCUT2D eigenvalue weighted by Crippen LogP contribution is 2.27. The Bertz CT molecular complexity index is 446. The summed E-state index contributed by atoms with van der Waals surface area (Å²) in [4.78, 5) is -0.0733. The zero-order chi connectivity index (χ0) is 8.72. The summed E-state index contributed by atoms with van der Waals surface area (Å²) < 4.78 is 23.3. The lowest BCUT2D eigenvalue weighted by Gasteiger charge is -1.89. The largest absolute Gasteiger partial charge is 0.412 e. The SMILES string of the molecule is Fc1ccc(Br)c2oc(=S)oc12. The van der Waals surface area contributed by atoms with Gasteiger partial charge in [-0.2, -0.15) is 0 Å². The molecule has 0 N–H and O–H groups in total. The average molecular weight is 249 g/mol. The van der Waals surface area contributed by atoms with Crippen molar-refractivity contribution in [3.63, 3.8) is 0 Å². The van der Waals surface area contributed by atoms with Gasteiger partial charge in [0.15, 0.2) is 11.4 Å². The Balaban J connectivity index is 3.03. The van der Waals surface area contributed by atoms with E-state index in [2.05, 4.69) is 28.1 Å². The van der Waals surface area contributed by atoms with E-state index in [0.717, 1.165) is 0 Å². The van der Waals surface area contributed by atoms with Gasteiger partial charge >= 0.3 is 4.90 Å². The van der Waals surface area contributed by atoms with Crippen molar-refractivity contribution in [2.75, 3.05) is 0 Å². The highest BCUT2D eigenvalue weighted by Gasteiger charge is 2.10. The molecule has 1 heterocycles. The lowest BCUT2D eigenvalue weighted by Crippen LogP contribution is -1.74. The number of fused-ring (bicyclic) bond motifs is 1. The van der Waals surface area contributed by atoms with Crippen LogP contribution < -0.4 is 0 Å². The smallest absolute Gasteiger partial charge is 0.363 e. The normalized spacial score (nSPS) is 10.8. The molecule has 5 heteroatoms. The minimum Gasteiger partial charge on any atom is -0.412 e. The molecule has 0 saturated heterocycles. The number of rotatable bonds is 0. The third-order valence-electron chi connectivity index (χ3n) is 1.39. The van der Waals surface area contributed by atoms with Gasteiger partial charge in [-0.15, -0.1) is 0 Å². The molecule has 0 saturated carbocycles. The van der Waals surface area contributed by atoms with E-state index in [9.17, 15) is 4.39 Å². The summed E-state index contributed by atoms with van der Waals surface area (Å²) >= 11 is 7.79. The molecule has 2 rings (SSSR count). The summed E-state index contributed by atoms with van der Waals surface area (Å²) in [7, 11) is 0. The van der Waals surface area contributed by atoms with Gasteiger partial charge in [0.05, 0.1) is 4.47 Å². The minimum absolute atomic E-state index is 0.0503. The fourth-order valence-corrected chi connectivity index (χ4v) is 1.45. The van der Waals surface area contributed by atoms with E-state index in [1.54, 1.807) is 0 Å². The summed E-state index contributed by atoms with van der Waals surface area (Å²) in [6.07, 6.45) is 0. The molecule has 62 valence electrons. The topological polar surface area (TPSA) is 26.3 Å². The van der Waals surface area contributed by atoms with E-state index in [1.807, 2.05) is 0 Å². The molecule has 1 aromatic carbocycles. The molecule has 0 aliphatic carbocycles. The number of hydrogen-bond donors (Lipinski definition) is 0. The van der Waals surface area contributed by atoms with Gasteiger partial charge < -0.3 is 8.83 Å². The molecule has 0 aliphatic heterocycles. The molecule has 2 aromatic rings. The van der Waals surface area contributed by atoms with Gasteiger partial charge in [0.2, 0.25) is 5.58 Å². The molecule has 0 aliphatic rings. The van der Waals surface area contributed by atoms with E-state index < -0.39 is 5.82 Å². The van der Waals surface area contributed by atoms with Crippen molar-refractivity contribution in [1.82, 2.24) is 0 Å². The fourth-order valence-electron chi connectivity index (χ4n) is 0.892. The second-order valence-electron chi connectivity index (χ2n) is 2.14. The van der Waals surface area contributed by atoms with Gasteiger partial charge in [-0.05, 0) is 28.1 Å². The van der Waals surface area contributed by atoms with Gasteiger partial charge in [-0.3, -0.25) is 0 Å². The Morgan fingerprint density at radius 2 is 1.92 bits per heavy atom. The Kier molecular flexibility index (Phi) is 1.77. The predicted molar refractivity (Wildman–Crippen MR) is 47.0 cm³/mol. The molecule has 2 nitrogen and oxygen atoms in total. The van der Waals surface area contributed by atoms with E-state index in [-0.39, 0.29) is 10.5 Å². The molecule has 1 aromatic heterocycles. The number of hydrogen-bond acceptors (Lipinski definition) is 3. The fraction of sp³-hybridized carbons (Fsp3) is 0. The zero-order valence-electron chi connectivity index (χ0n) is 5.64. The second kappa shape index (κ2) is 2.67. The van der Waals surface area contributed by atoms with Crippen LogP contribution in [0.2, 0.25) is 0 Å². The molecule has 0 bridgehead atoms. The maximum atomic E-state index is 13.0. The Morgan fingerprint density at radius 3 is 2.58 bits per heavy atom. The Hall–Kier alpha value is -0.680. The van der Waals surface area contributed by atoms with Gasteiger partial charge in [0, 0.05) is 12.2 Å². The molecule has 0 fully saturated rings. The number of benzene rings is 1. The van der Waals surface area contributed by atoms with Gasteiger partial charge in [-0.25, -0.2) is 4.39 Å². The summed E-state index contributed by atoms with van der Waals surface area (Å²) in [5, 5.41) is 0. The first-order valence-electron chi connectivity index (χ1n) is 3.06. The summed E-state index contributed by atoms with van der Waals surface area (Å²) in [6.45, 7) is 0. The summed E-state index contributed by atoms with van der Waals surface area (Å²) in [5.74, 6) is -0.479. The van der Waals surface area contributed by atoms with Crippen molar-refractivity contribution >= 4 is 39.3 Å². The van der Waals surface area contributed by atoms with E-state index >= 15 is 0 Å². The van der Waals surface area contributed by atoms with E-state index in [1.165, 1.54) is 12.1 Å². The van der Waals surface area contributed by atoms with Crippen molar-refractivity contribution < 1.29 is 13.2 Å². The van der Waals surface area contributed by atoms with Crippen LogP contribution in [0.5, 0.6) is 0 Å². The van der Waals surface area contributed by atoms with Crippen molar-refractivity contribution in [3.05, 3.63) is 27.3 Å². The van der Waals surface area contributed by atoms with E-state index in [0.29, 0.717) is 10.1 Å². The van der Waals surface area contributed by atoms with Crippen LogP contribution >= 0.6 is 28.1 Å². The average Bonchev–Trinajstić information content (AvgIpc) is 2.41. The van der Waals surface area contributed by atoms with Crippen LogP contribution in [0.4, 0.5) is 4.39 Å². The van der Waals surface area contributed by atoms with Crippen LogP contribution in [0.1, 0.15) is 0 Å². The van der Waals surface area contributed by atoms with Gasteiger partial charge in [0.25, 0.3) is 0 Å². The van der Waals surface area contributed by atoms with Crippen LogP contribution in [-0.4, -0.2) is 0 Å². The van der Waals surface area contributed by atoms with Crippen LogP contribution in [0, 0.1) is 10.7 Å². The first-order chi connectivity index (χ1) is 5.68. The van der Waals surface area contributed by atoms with Crippen molar-refractivity contribution in [3.8, 4) is 0 Å². The molecule has 0 atom stereocenters. The highest BCUT2D eigenvalue weighted by atomic mass is 79.9. The third-order valence-corrected chi connectivity index (χ3v) is 2.18. The molecule has 0 unspecified atom stereocenters. The Morgan fingerprint density at radius 1 is 1.25 bits per heavy atom. The molecule has 0 amide bonds. The van der Waals surface area contributed by atoms with Crippen molar-refractivity contribution in [1.29, 1.82) is 0 Å². The van der Waals surface area contributed by atoms with Crippen LogP contribution in [0.3, 0.4) is 0 Å². The maximum Gasteiger partial charge on any atom is 0.363 e. The number of halogens is 2. The first-order valence-corrected chi connectivity index (χ1v) is 4.26. The molecular weight excluding hydrogens is 247 g/mol. The molecule has 12 heavy (non-hydrogen) atoms. The minimum atomic E-state index is -0.479. The lowest BCUT2D eigenvalue weighted by atomic mass is 10.3. The standard InChI is InChI=1S/C7H2BrFO2S/c8-3-1-2-4(9)6-5(3)10-7(12)11-6/h1-2H. The van der Waals surface area contributed by atoms with Crippen molar-refractivity contribution in [2.45, 2.75) is 0 Å². The summed E-state index contributed by atoms with van der Waals surface area (Å²) in [6, 6.07) is 2.81. The maximum absolute atomic E-state index is 13.0. The summed E-state index contributed by atoms with van der Waals surface area (Å²) in [5.41, 5.74) is 0.356. The zero-order valence-corrected chi connectivity index (χ0v) is 8.04. The van der Waals surface area contributed by atoms with Crippen LogP contribution in [-0.2, 0) is 0 Å².